The number of hydrogen-bond donors (Lipinski definition) is 2. The lowest BCUT2D eigenvalue weighted by Crippen LogP contribution is -2.60. The summed E-state index contributed by atoms with van der Waals surface area (Å²) in [6.07, 6.45) is 6.44. The number of amides is 1. The van der Waals surface area contributed by atoms with E-state index in [2.05, 4.69) is 57.6 Å². The van der Waals surface area contributed by atoms with Crippen LogP contribution in [0.2, 0.25) is 0 Å². The monoisotopic (exact) mass is 677 g/mol. The number of anilines is 4. The van der Waals surface area contributed by atoms with Crippen molar-refractivity contribution in [3.63, 3.8) is 0 Å². The van der Waals surface area contributed by atoms with Crippen LogP contribution in [0.3, 0.4) is 0 Å². The van der Waals surface area contributed by atoms with E-state index in [0.717, 1.165) is 68.9 Å². The van der Waals surface area contributed by atoms with Crippen LogP contribution < -0.4 is 20.7 Å². The number of piperazine rings is 1. The Labute approximate surface area is 293 Å². The lowest BCUT2D eigenvalue weighted by Gasteiger charge is -2.47. The first-order valence-corrected chi connectivity index (χ1v) is 17.9. The van der Waals surface area contributed by atoms with Gasteiger partial charge in [0.25, 0.3) is 11.5 Å². The molecule has 2 N–H and O–H groups in total. The Balaban J connectivity index is 1.04. The van der Waals surface area contributed by atoms with Crippen molar-refractivity contribution in [1.82, 2.24) is 19.0 Å². The van der Waals surface area contributed by atoms with E-state index in [1.54, 1.807) is 28.9 Å². The Bertz CT molecular complexity index is 1990. The molecular formula is C39H47N7O4. The summed E-state index contributed by atoms with van der Waals surface area (Å²) in [5, 5.41) is 14.1. The zero-order valence-electron chi connectivity index (χ0n) is 29.5. The normalized spacial score (nSPS) is 20.5. The third kappa shape index (κ3) is 5.71. The van der Waals surface area contributed by atoms with Crippen molar-refractivity contribution in [1.29, 1.82) is 0 Å². The molecule has 11 heteroatoms. The maximum Gasteiger partial charge on any atom is 0.276 e. The Morgan fingerprint density at radius 1 is 1.02 bits per heavy atom. The summed E-state index contributed by atoms with van der Waals surface area (Å²) in [6.45, 7) is 12.4. The van der Waals surface area contributed by atoms with Gasteiger partial charge < -0.3 is 29.2 Å². The summed E-state index contributed by atoms with van der Waals surface area (Å²) >= 11 is 0. The second-order valence-electron chi connectivity index (χ2n) is 15.1. The number of aliphatic hydroxyl groups excluding tert-OH is 1. The van der Waals surface area contributed by atoms with E-state index in [4.69, 9.17) is 4.74 Å². The molecule has 0 unspecified atom stereocenters. The van der Waals surface area contributed by atoms with Gasteiger partial charge in [-0.2, -0.15) is 0 Å². The number of pyridine rings is 2. The predicted octanol–water partition coefficient (Wildman–Crippen LogP) is 4.57. The Morgan fingerprint density at radius 2 is 1.82 bits per heavy atom. The first-order chi connectivity index (χ1) is 24.1. The molecule has 262 valence electrons. The number of hydrogen-bond acceptors (Lipinski definition) is 8. The number of carbonyl (C=O) groups is 1. The second kappa shape index (κ2) is 12.7. The Kier molecular flexibility index (Phi) is 8.32. The molecule has 1 atom stereocenters. The molecular weight excluding hydrogens is 630 g/mol. The molecule has 50 heavy (non-hydrogen) atoms. The number of aliphatic hydroxyl groups is 1. The van der Waals surface area contributed by atoms with Crippen molar-refractivity contribution < 1.29 is 14.6 Å². The summed E-state index contributed by atoms with van der Waals surface area (Å²) in [6, 6.07) is 15.0. The molecule has 0 radical (unpaired) electrons. The average Bonchev–Trinajstić information content (AvgIpc) is 3.58. The van der Waals surface area contributed by atoms with Gasteiger partial charge in [-0.15, -0.1) is 0 Å². The topological polar surface area (TPSA) is 108 Å². The molecule has 0 spiro atoms. The minimum Gasteiger partial charge on any atom is -0.392 e. The van der Waals surface area contributed by atoms with Crippen molar-refractivity contribution in [3.8, 4) is 11.1 Å². The Morgan fingerprint density at radius 3 is 2.54 bits per heavy atom. The van der Waals surface area contributed by atoms with E-state index in [9.17, 15) is 14.7 Å². The smallest absolute Gasteiger partial charge is 0.276 e. The minimum atomic E-state index is -0.303. The molecule has 11 nitrogen and oxygen atoms in total. The number of aromatic nitrogens is 3. The predicted molar refractivity (Wildman–Crippen MR) is 195 cm³/mol. The number of benzene rings is 1. The number of rotatable bonds is 8. The summed E-state index contributed by atoms with van der Waals surface area (Å²) in [7, 11) is 1.73. The third-order valence-electron chi connectivity index (χ3n) is 11.2. The quantitative estimate of drug-likeness (QED) is 0.280. The summed E-state index contributed by atoms with van der Waals surface area (Å²) in [5.41, 5.74) is 7.69. The summed E-state index contributed by atoms with van der Waals surface area (Å²) < 4.78 is 9.16. The lowest BCUT2D eigenvalue weighted by atomic mass is 9.90. The van der Waals surface area contributed by atoms with Gasteiger partial charge in [0.1, 0.15) is 17.2 Å². The molecule has 8 rings (SSSR count). The van der Waals surface area contributed by atoms with Crippen LogP contribution in [0, 0.1) is 5.41 Å². The van der Waals surface area contributed by atoms with E-state index in [1.807, 2.05) is 30.3 Å². The van der Waals surface area contributed by atoms with Gasteiger partial charge in [-0.05, 0) is 78.3 Å². The lowest BCUT2D eigenvalue weighted by molar-refractivity contribution is -0.0698. The van der Waals surface area contributed by atoms with Crippen molar-refractivity contribution in [2.75, 3.05) is 54.5 Å². The van der Waals surface area contributed by atoms with Crippen molar-refractivity contribution >= 4 is 28.8 Å². The largest absolute Gasteiger partial charge is 0.392 e. The van der Waals surface area contributed by atoms with Gasteiger partial charge in [0.2, 0.25) is 0 Å². The van der Waals surface area contributed by atoms with Gasteiger partial charge >= 0.3 is 0 Å². The molecule has 3 aliphatic heterocycles. The van der Waals surface area contributed by atoms with Crippen LogP contribution in [0.5, 0.6) is 0 Å². The fraction of sp³-hybridized carbons (Fsp3) is 0.462. The van der Waals surface area contributed by atoms with Crippen LogP contribution in [-0.4, -0.2) is 81.5 Å². The van der Waals surface area contributed by atoms with Crippen molar-refractivity contribution in [2.45, 2.75) is 65.3 Å². The highest BCUT2D eigenvalue weighted by Gasteiger charge is 2.38. The molecule has 0 bridgehead atoms. The zero-order valence-corrected chi connectivity index (χ0v) is 29.5. The zero-order chi connectivity index (χ0) is 34.7. The Hall–Kier alpha value is -4.45. The van der Waals surface area contributed by atoms with Crippen LogP contribution in [-0.2, 0) is 37.8 Å². The van der Waals surface area contributed by atoms with E-state index in [1.165, 1.54) is 16.9 Å². The van der Waals surface area contributed by atoms with E-state index in [0.29, 0.717) is 47.9 Å². The molecule has 2 saturated heterocycles. The molecule has 1 aromatic carbocycles. The number of ether oxygens (including phenoxy) is 1. The van der Waals surface area contributed by atoms with Crippen LogP contribution >= 0.6 is 0 Å². The number of aryl methyl sites for hydroxylation is 1. The fourth-order valence-corrected chi connectivity index (χ4v) is 8.43. The molecule has 4 aliphatic rings. The van der Waals surface area contributed by atoms with Gasteiger partial charge in [-0.25, -0.2) is 4.98 Å². The SMILES string of the molecule is CC[C@H]1CN(C2COC2)CCN1c1ccc(Nc2cc(-c3ccnc(N4CCn5c(cc6c5CC(C)(C)C6)C4=O)c3CO)cn(C)c2=O)cc1. The molecule has 4 aromatic rings. The molecule has 3 aromatic heterocycles. The van der Waals surface area contributed by atoms with Gasteiger partial charge in [-0.1, -0.05) is 20.8 Å². The second-order valence-corrected chi connectivity index (χ2v) is 15.1. The van der Waals surface area contributed by atoms with Crippen LogP contribution in [0.15, 0.2) is 59.7 Å². The van der Waals surface area contributed by atoms with E-state index >= 15 is 0 Å². The highest BCUT2D eigenvalue weighted by Crippen LogP contribution is 2.40. The highest BCUT2D eigenvalue weighted by molar-refractivity contribution is 6.06. The van der Waals surface area contributed by atoms with Crippen LogP contribution in [0.1, 0.15) is 54.5 Å². The number of fused-ring (bicyclic) bond motifs is 3. The molecule has 0 saturated carbocycles. The van der Waals surface area contributed by atoms with Gasteiger partial charge in [-0.3, -0.25) is 19.4 Å². The van der Waals surface area contributed by atoms with Crippen molar-refractivity contribution in [3.05, 3.63) is 87.7 Å². The van der Waals surface area contributed by atoms with Gasteiger partial charge in [0, 0.05) is 86.4 Å². The van der Waals surface area contributed by atoms with E-state index in [-0.39, 0.29) is 23.5 Å². The van der Waals surface area contributed by atoms with Crippen LogP contribution in [0.25, 0.3) is 11.1 Å². The third-order valence-corrected chi connectivity index (χ3v) is 11.2. The minimum absolute atomic E-state index is 0.103. The number of carbonyl (C=O) groups excluding carboxylic acids is 1. The maximum absolute atomic E-state index is 13.9. The standard InChI is InChI=1S/C39H47N7O4/c1-5-28-21-43(30-23-50-24-30)12-13-44(28)29-8-6-27(7-9-29)41-33-16-26(20-42(4)37(33)48)31-10-11-40-36(32(31)22-47)46-15-14-45-34(38(46)49)17-25-18-39(2,3)19-35(25)45/h6-11,16-17,20,28,30,41,47H,5,12-15,18-19,21-24H2,1-4H3/t28-/m0/s1. The first kappa shape index (κ1) is 32.7. The average molecular weight is 678 g/mol. The van der Waals surface area contributed by atoms with Gasteiger partial charge in [0.15, 0.2) is 0 Å². The fourth-order valence-electron chi connectivity index (χ4n) is 8.43. The molecule has 2 fully saturated rings. The maximum atomic E-state index is 13.9. The summed E-state index contributed by atoms with van der Waals surface area (Å²) in [5.74, 6) is 0.350. The summed E-state index contributed by atoms with van der Waals surface area (Å²) in [4.78, 5) is 38.6. The highest BCUT2D eigenvalue weighted by atomic mass is 16.5. The van der Waals surface area contributed by atoms with E-state index < -0.39 is 0 Å². The van der Waals surface area contributed by atoms with Crippen molar-refractivity contribution in [2.24, 2.45) is 12.5 Å². The molecule has 1 amide bonds. The first-order valence-electron chi connectivity index (χ1n) is 17.9. The van der Waals surface area contributed by atoms with Crippen LogP contribution in [0.4, 0.5) is 22.9 Å². The number of nitrogens with one attached hydrogen (secondary N) is 1. The molecule has 6 heterocycles. The number of nitrogens with zero attached hydrogens (tertiary/aromatic N) is 6. The molecule has 1 aliphatic carbocycles. The van der Waals surface area contributed by atoms with Gasteiger partial charge in [0.05, 0.1) is 25.9 Å².